The molecule has 0 spiro atoms. The number of piperidine rings is 1. The van der Waals surface area contributed by atoms with Crippen LogP contribution in [0.1, 0.15) is 37.1 Å². The van der Waals surface area contributed by atoms with E-state index < -0.39 is 0 Å². The fourth-order valence-electron chi connectivity index (χ4n) is 3.21. The Hall–Kier alpha value is -2.11. The molecule has 2 aromatic rings. The van der Waals surface area contributed by atoms with Crippen LogP contribution in [0.15, 0.2) is 48.7 Å². The van der Waals surface area contributed by atoms with Crippen LogP contribution in [0.2, 0.25) is 0 Å². The fourth-order valence-corrected chi connectivity index (χ4v) is 3.21. The van der Waals surface area contributed by atoms with Gasteiger partial charge in [0.25, 0.3) is 0 Å². The molecule has 1 atom stereocenters. The molecule has 6 heteroatoms. The summed E-state index contributed by atoms with van der Waals surface area (Å²) in [4.78, 5) is 17.5. The topological polar surface area (TPSA) is 63.2 Å². The summed E-state index contributed by atoms with van der Waals surface area (Å²) in [6, 6.07) is 13.2. The molecular weight excluding hydrogens is 350 g/mol. The summed E-state index contributed by atoms with van der Waals surface area (Å²) in [5.41, 5.74) is 1.43. The van der Waals surface area contributed by atoms with Gasteiger partial charge in [0.1, 0.15) is 5.75 Å². The summed E-state index contributed by atoms with van der Waals surface area (Å²) in [7, 11) is 1.64. The number of benzene rings is 1. The first-order chi connectivity index (χ1) is 12.1. The van der Waals surface area contributed by atoms with Gasteiger partial charge in [-0.2, -0.15) is 0 Å². The van der Waals surface area contributed by atoms with Crippen LogP contribution in [0, 0.1) is 5.41 Å². The van der Waals surface area contributed by atoms with E-state index in [-0.39, 0.29) is 29.8 Å². The van der Waals surface area contributed by atoms with Crippen molar-refractivity contribution in [2.24, 2.45) is 5.41 Å². The highest BCUT2D eigenvalue weighted by Crippen LogP contribution is 2.31. The van der Waals surface area contributed by atoms with Crippen LogP contribution in [0.25, 0.3) is 0 Å². The van der Waals surface area contributed by atoms with E-state index in [4.69, 9.17) is 4.74 Å². The lowest BCUT2D eigenvalue weighted by Crippen LogP contribution is -2.47. The molecule has 140 valence electrons. The van der Waals surface area contributed by atoms with Crippen molar-refractivity contribution in [2.45, 2.75) is 25.8 Å². The molecule has 1 unspecified atom stereocenters. The van der Waals surface area contributed by atoms with E-state index in [0.717, 1.165) is 42.9 Å². The van der Waals surface area contributed by atoms with Crippen molar-refractivity contribution in [1.29, 1.82) is 0 Å². The zero-order chi connectivity index (χ0) is 17.7. The highest BCUT2D eigenvalue weighted by molar-refractivity contribution is 5.85. The summed E-state index contributed by atoms with van der Waals surface area (Å²) in [6.45, 7) is 3.79. The molecule has 2 heterocycles. The van der Waals surface area contributed by atoms with Crippen molar-refractivity contribution < 1.29 is 9.53 Å². The van der Waals surface area contributed by atoms with Gasteiger partial charge < -0.3 is 15.4 Å². The van der Waals surface area contributed by atoms with E-state index in [1.165, 1.54) is 0 Å². The molecule has 2 N–H and O–H groups in total. The van der Waals surface area contributed by atoms with Gasteiger partial charge in [-0.25, -0.2) is 0 Å². The van der Waals surface area contributed by atoms with Crippen LogP contribution in [0.4, 0.5) is 0 Å². The molecule has 5 nitrogen and oxygen atoms in total. The number of ether oxygens (including phenoxy) is 1. The highest BCUT2D eigenvalue weighted by Gasteiger charge is 2.36. The summed E-state index contributed by atoms with van der Waals surface area (Å²) in [5.74, 6) is 0.841. The lowest BCUT2D eigenvalue weighted by molar-refractivity contribution is -0.132. The monoisotopic (exact) mass is 375 g/mol. The van der Waals surface area contributed by atoms with Crippen LogP contribution in [-0.4, -0.2) is 31.1 Å². The van der Waals surface area contributed by atoms with Gasteiger partial charge >= 0.3 is 0 Å². The first kappa shape index (κ1) is 20.2. The first-order valence-electron chi connectivity index (χ1n) is 8.69. The van der Waals surface area contributed by atoms with E-state index in [1.54, 1.807) is 13.3 Å². The van der Waals surface area contributed by atoms with E-state index in [2.05, 4.69) is 15.6 Å². The Labute approximate surface area is 161 Å². The number of carbonyl (C=O) groups excluding carboxylic acids is 1. The van der Waals surface area contributed by atoms with Crippen LogP contribution in [0.5, 0.6) is 5.75 Å². The van der Waals surface area contributed by atoms with Crippen molar-refractivity contribution in [3.63, 3.8) is 0 Å². The minimum atomic E-state index is -0.350. The quantitative estimate of drug-likeness (QED) is 0.842. The minimum absolute atomic E-state index is 0. The zero-order valence-corrected chi connectivity index (χ0v) is 16.0. The maximum atomic E-state index is 13.0. The van der Waals surface area contributed by atoms with Crippen molar-refractivity contribution >= 4 is 18.3 Å². The number of hydrogen-bond acceptors (Lipinski definition) is 4. The molecule has 1 aromatic heterocycles. The van der Waals surface area contributed by atoms with Gasteiger partial charge in [0, 0.05) is 11.6 Å². The Balaban J connectivity index is 0.00000243. The van der Waals surface area contributed by atoms with Crippen molar-refractivity contribution in [1.82, 2.24) is 15.6 Å². The third-order valence-corrected chi connectivity index (χ3v) is 4.94. The number of nitrogens with one attached hydrogen (secondary N) is 2. The molecule has 1 aliphatic rings. The molecule has 1 fully saturated rings. The zero-order valence-electron chi connectivity index (χ0n) is 15.2. The SMILES string of the molecule is COc1cccc(C(NC(=O)C2(C)CCNCC2)c2ccccn2)c1.Cl. The van der Waals surface area contributed by atoms with Gasteiger partial charge in [0.05, 0.1) is 18.8 Å². The van der Waals surface area contributed by atoms with Crippen LogP contribution >= 0.6 is 12.4 Å². The maximum absolute atomic E-state index is 13.0. The standard InChI is InChI=1S/C20H25N3O2.ClH/c1-20(9-12-21-13-10-20)19(24)23-18(17-8-3-4-11-22-17)15-6-5-7-16(14-15)25-2;/h3-8,11,14,18,21H,9-10,12-13H2,1-2H3,(H,23,24);1H. The predicted molar refractivity (Wildman–Crippen MR) is 105 cm³/mol. The largest absolute Gasteiger partial charge is 0.497 e. The molecular formula is C20H26ClN3O2. The van der Waals surface area contributed by atoms with Crippen LogP contribution < -0.4 is 15.4 Å². The van der Waals surface area contributed by atoms with Gasteiger partial charge in [-0.05, 0) is 55.8 Å². The Bertz CT molecular complexity index is 718. The minimum Gasteiger partial charge on any atom is -0.497 e. The molecule has 0 radical (unpaired) electrons. The smallest absolute Gasteiger partial charge is 0.226 e. The van der Waals surface area contributed by atoms with Gasteiger partial charge in [-0.1, -0.05) is 25.1 Å². The lowest BCUT2D eigenvalue weighted by Gasteiger charge is -2.34. The summed E-state index contributed by atoms with van der Waals surface area (Å²) < 4.78 is 5.34. The third-order valence-electron chi connectivity index (χ3n) is 4.94. The Kier molecular flexibility index (Phi) is 7.00. The van der Waals surface area contributed by atoms with Crippen molar-refractivity contribution in [3.8, 4) is 5.75 Å². The second-order valence-electron chi connectivity index (χ2n) is 6.75. The molecule has 1 amide bonds. The fraction of sp³-hybridized carbons (Fsp3) is 0.400. The third kappa shape index (κ3) is 4.54. The Morgan fingerprint density at radius 3 is 2.65 bits per heavy atom. The number of hydrogen-bond donors (Lipinski definition) is 2. The maximum Gasteiger partial charge on any atom is 0.226 e. The number of carbonyl (C=O) groups is 1. The molecule has 26 heavy (non-hydrogen) atoms. The highest BCUT2D eigenvalue weighted by atomic mass is 35.5. The molecule has 0 bridgehead atoms. The lowest BCUT2D eigenvalue weighted by atomic mass is 9.79. The van der Waals surface area contributed by atoms with Crippen molar-refractivity contribution in [2.75, 3.05) is 20.2 Å². The average molecular weight is 376 g/mol. The number of pyridine rings is 1. The number of rotatable bonds is 5. The van der Waals surface area contributed by atoms with Crippen LogP contribution in [0.3, 0.4) is 0 Å². The van der Waals surface area contributed by atoms with E-state index >= 15 is 0 Å². The number of amides is 1. The van der Waals surface area contributed by atoms with E-state index in [0.29, 0.717) is 0 Å². The average Bonchev–Trinajstić information content (AvgIpc) is 2.67. The van der Waals surface area contributed by atoms with Gasteiger partial charge in [0.2, 0.25) is 5.91 Å². The predicted octanol–water partition coefficient (Wildman–Crippen LogP) is 3.11. The Morgan fingerprint density at radius 2 is 2.00 bits per heavy atom. The molecule has 1 saturated heterocycles. The van der Waals surface area contributed by atoms with Crippen molar-refractivity contribution in [3.05, 3.63) is 59.9 Å². The molecule has 3 rings (SSSR count). The normalized spacial score (nSPS) is 16.8. The van der Waals surface area contributed by atoms with Gasteiger partial charge in [-0.15, -0.1) is 12.4 Å². The van der Waals surface area contributed by atoms with Gasteiger partial charge in [0.15, 0.2) is 0 Å². The van der Waals surface area contributed by atoms with E-state index in [1.807, 2.05) is 49.4 Å². The molecule has 1 aliphatic heterocycles. The van der Waals surface area contributed by atoms with Gasteiger partial charge in [-0.3, -0.25) is 9.78 Å². The van der Waals surface area contributed by atoms with E-state index in [9.17, 15) is 4.79 Å². The Morgan fingerprint density at radius 1 is 1.23 bits per heavy atom. The summed E-state index contributed by atoms with van der Waals surface area (Å²) in [5, 5.41) is 6.54. The summed E-state index contributed by atoms with van der Waals surface area (Å²) >= 11 is 0. The number of halogens is 1. The molecule has 0 aliphatic carbocycles. The summed E-state index contributed by atoms with van der Waals surface area (Å²) in [6.07, 6.45) is 3.43. The second-order valence-corrected chi connectivity index (χ2v) is 6.75. The number of nitrogens with zero attached hydrogens (tertiary/aromatic N) is 1. The number of aromatic nitrogens is 1. The molecule has 1 aromatic carbocycles. The second kappa shape index (κ2) is 9.01. The first-order valence-corrected chi connectivity index (χ1v) is 8.69. The molecule has 0 saturated carbocycles. The number of methoxy groups -OCH3 is 1. The van der Waals surface area contributed by atoms with Crippen LogP contribution in [-0.2, 0) is 4.79 Å².